The first-order valence-electron chi connectivity index (χ1n) is 6.39. The Kier molecular flexibility index (Phi) is 4.00. The molecule has 1 N–H and O–H groups in total. The van der Waals surface area contributed by atoms with Crippen molar-refractivity contribution in [2.45, 2.75) is 20.3 Å². The van der Waals surface area contributed by atoms with Crippen molar-refractivity contribution >= 4 is 5.69 Å². The maximum Gasteiger partial charge on any atom is 0.146 e. The summed E-state index contributed by atoms with van der Waals surface area (Å²) in [5.74, 6) is 0.458. The number of para-hydroxylation sites is 1. The molecule has 0 spiro atoms. The largest absolute Gasteiger partial charge is 0.369 e. The molecule has 0 aliphatic carbocycles. The van der Waals surface area contributed by atoms with E-state index in [4.69, 9.17) is 0 Å². The Labute approximate surface area is 103 Å². The van der Waals surface area contributed by atoms with E-state index in [1.54, 1.807) is 12.1 Å². The van der Waals surface area contributed by atoms with Crippen molar-refractivity contribution in [1.82, 2.24) is 5.32 Å². The molecule has 1 aromatic rings. The molecule has 1 saturated heterocycles. The number of benzene rings is 1. The van der Waals surface area contributed by atoms with Crippen LogP contribution in [0.1, 0.15) is 18.9 Å². The van der Waals surface area contributed by atoms with Gasteiger partial charge in [-0.15, -0.1) is 0 Å². The summed E-state index contributed by atoms with van der Waals surface area (Å²) in [6.45, 7) is 8.09. The summed E-state index contributed by atoms with van der Waals surface area (Å²) in [5, 5.41) is 3.42. The number of hydrogen-bond acceptors (Lipinski definition) is 2. The van der Waals surface area contributed by atoms with E-state index in [1.165, 1.54) is 0 Å². The molecule has 1 aromatic carbocycles. The summed E-state index contributed by atoms with van der Waals surface area (Å²) in [6.07, 6.45) is 1.07. The lowest BCUT2D eigenvalue weighted by Gasteiger charge is -2.31. The number of aryl methyl sites for hydroxylation is 1. The zero-order valence-corrected chi connectivity index (χ0v) is 10.7. The molecule has 0 saturated carbocycles. The lowest BCUT2D eigenvalue weighted by Crippen LogP contribution is -2.39. The molecule has 0 aromatic heterocycles. The van der Waals surface area contributed by atoms with Gasteiger partial charge in [0.05, 0.1) is 5.69 Å². The Morgan fingerprint density at radius 1 is 1.41 bits per heavy atom. The highest BCUT2D eigenvalue weighted by Gasteiger charge is 2.18. The minimum atomic E-state index is -0.0919. The van der Waals surface area contributed by atoms with Gasteiger partial charge in [-0.3, -0.25) is 0 Å². The number of anilines is 1. The van der Waals surface area contributed by atoms with Crippen molar-refractivity contribution in [3.63, 3.8) is 0 Å². The quantitative estimate of drug-likeness (QED) is 0.806. The molecule has 1 unspecified atom stereocenters. The van der Waals surface area contributed by atoms with E-state index in [2.05, 4.69) is 17.1 Å². The average molecular weight is 236 g/mol. The monoisotopic (exact) mass is 236 g/mol. The third kappa shape index (κ3) is 2.97. The highest BCUT2D eigenvalue weighted by Crippen LogP contribution is 2.25. The highest BCUT2D eigenvalue weighted by atomic mass is 19.1. The highest BCUT2D eigenvalue weighted by molar-refractivity contribution is 5.54. The minimum Gasteiger partial charge on any atom is -0.369 e. The van der Waals surface area contributed by atoms with Crippen LogP contribution in [-0.4, -0.2) is 26.2 Å². The number of nitrogens with zero attached hydrogens (tertiary/aromatic N) is 1. The zero-order chi connectivity index (χ0) is 12.3. The van der Waals surface area contributed by atoms with E-state index in [-0.39, 0.29) is 5.82 Å². The van der Waals surface area contributed by atoms with Gasteiger partial charge in [0.15, 0.2) is 0 Å². The van der Waals surface area contributed by atoms with E-state index in [0.29, 0.717) is 5.92 Å². The number of nitrogens with one attached hydrogen (secondary N) is 1. The Morgan fingerprint density at radius 3 is 3.00 bits per heavy atom. The summed E-state index contributed by atoms with van der Waals surface area (Å²) in [7, 11) is 0. The van der Waals surface area contributed by atoms with Gasteiger partial charge in [0.1, 0.15) is 5.82 Å². The van der Waals surface area contributed by atoms with E-state index in [1.807, 2.05) is 13.0 Å². The minimum absolute atomic E-state index is 0.0919. The van der Waals surface area contributed by atoms with Crippen LogP contribution >= 0.6 is 0 Å². The second kappa shape index (κ2) is 5.50. The molecule has 0 amide bonds. The Hall–Kier alpha value is -1.09. The van der Waals surface area contributed by atoms with Gasteiger partial charge >= 0.3 is 0 Å². The molecule has 1 fully saturated rings. The van der Waals surface area contributed by atoms with Crippen molar-refractivity contribution in [1.29, 1.82) is 0 Å². The van der Waals surface area contributed by atoms with Crippen LogP contribution in [0, 0.1) is 18.7 Å². The van der Waals surface area contributed by atoms with Gasteiger partial charge in [0.2, 0.25) is 0 Å². The molecule has 2 rings (SSSR count). The second-order valence-electron chi connectivity index (χ2n) is 5.01. The molecule has 0 bridgehead atoms. The third-order valence-corrected chi connectivity index (χ3v) is 3.31. The fourth-order valence-electron chi connectivity index (χ4n) is 2.50. The first-order valence-corrected chi connectivity index (χ1v) is 6.39. The Balaban J connectivity index is 2.23. The molecule has 3 heteroatoms. The summed E-state index contributed by atoms with van der Waals surface area (Å²) < 4.78 is 13.9. The maximum atomic E-state index is 13.9. The van der Waals surface area contributed by atoms with Crippen molar-refractivity contribution in [3.05, 3.63) is 29.6 Å². The van der Waals surface area contributed by atoms with Crippen molar-refractivity contribution in [2.75, 3.05) is 31.1 Å². The van der Waals surface area contributed by atoms with Gasteiger partial charge in [0, 0.05) is 13.1 Å². The molecule has 94 valence electrons. The molecule has 1 aliphatic rings. The molecule has 1 heterocycles. The second-order valence-corrected chi connectivity index (χ2v) is 5.01. The smallest absolute Gasteiger partial charge is 0.146 e. The van der Waals surface area contributed by atoms with Crippen LogP contribution in [0.25, 0.3) is 0 Å². The van der Waals surface area contributed by atoms with Crippen molar-refractivity contribution < 1.29 is 4.39 Å². The van der Waals surface area contributed by atoms with Gasteiger partial charge in [-0.05, 0) is 44.0 Å². The maximum absolute atomic E-state index is 13.9. The van der Waals surface area contributed by atoms with Crippen LogP contribution in [0.2, 0.25) is 0 Å². The average Bonchev–Trinajstić information content (AvgIpc) is 2.24. The molecule has 0 radical (unpaired) electrons. The predicted molar refractivity (Wildman–Crippen MR) is 70.0 cm³/mol. The van der Waals surface area contributed by atoms with Crippen molar-refractivity contribution in [2.24, 2.45) is 5.92 Å². The van der Waals surface area contributed by atoms with Gasteiger partial charge in [-0.1, -0.05) is 19.1 Å². The molecule has 17 heavy (non-hydrogen) atoms. The standard InChI is InChI=1S/C14H21FN2/c1-11-9-16-7-4-8-17(10-11)14-12(2)5-3-6-13(14)15/h3,5-6,11,16H,4,7-10H2,1-2H3. The van der Waals surface area contributed by atoms with Crippen LogP contribution in [-0.2, 0) is 0 Å². The molecular weight excluding hydrogens is 215 g/mol. The van der Waals surface area contributed by atoms with E-state index >= 15 is 0 Å². The van der Waals surface area contributed by atoms with Crippen LogP contribution in [0.5, 0.6) is 0 Å². The number of rotatable bonds is 1. The lowest BCUT2D eigenvalue weighted by atomic mass is 10.1. The summed E-state index contributed by atoms with van der Waals surface area (Å²) in [6, 6.07) is 5.33. The number of hydrogen-bond donors (Lipinski definition) is 1. The Morgan fingerprint density at radius 2 is 2.24 bits per heavy atom. The first-order chi connectivity index (χ1) is 8.18. The number of halogens is 1. The first kappa shape index (κ1) is 12.4. The summed E-state index contributed by atoms with van der Waals surface area (Å²) >= 11 is 0. The van der Waals surface area contributed by atoms with E-state index in [0.717, 1.165) is 43.9 Å². The zero-order valence-electron chi connectivity index (χ0n) is 10.7. The fourth-order valence-corrected chi connectivity index (χ4v) is 2.50. The fraction of sp³-hybridized carbons (Fsp3) is 0.571. The summed E-state index contributed by atoms with van der Waals surface area (Å²) in [4.78, 5) is 2.20. The topological polar surface area (TPSA) is 15.3 Å². The predicted octanol–water partition coefficient (Wildman–Crippen LogP) is 2.57. The SMILES string of the molecule is Cc1cccc(F)c1N1CCCNCC(C)C1. The molecule has 1 aliphatic heterocycles. The van der Waals surface area contributed by atoms with Crippen LogP contribution in [0.3, 0.4) is 0 Å². The molecular formula is C14H21FN2. The lowest BCUT2D eigenvalue weighted by molar-refractivity contribution is 0.463. The van der Waals surface area contributed by atoms with Gasteiger partial charge in [0.25, 0.3) is 0 Å². The molecule has 2 nitrogen and oxygen atoms in total. The van der Waals surface area contributed by atoms with Crippen LogP contribution < -0.4 is 10.2 Å². The summed E-state index contributed by atoms with van der Waals surface area (Å²) in [5.41, 5.74) is 1.83. The van der Waals surface area contributed by atoms with Gasteiger partial charge < -0.3 is 10.2 Å². The molecule has 1 atom stereocenters. The van der Waals surface area contributed by atoms with E-state index < -0.39 is 0 Å². The van der Waals surface area contributed by atoms with Gasteiger partial charge in [-0.25, -0.2) is 4.39 Å². The van der Waals surface area contributed by atoms with Crippen molar-refractivity contribution in [3.8, 4) is 0 Å². The van der Waals surface area contributed by atoms with E-state index in [9.17, 15) is 4.39 Å². The van der Waals surface area contributed by atoms with Gasteiger partial charge in [-0.2, -0.15) is 0 Å². The van der Waals surface area contributed by atoms with Crippen LogP contribution in [0.15, 0.2) is 18.2 Å². The normalized spacial score (nSPS) is 22.1. The van der Waals surface area contributed by atoms with Crippen LogP contribution in [0.4, 0.5) is 10.1 Å². The third-order valence-electron chi connectivity index (χ3n) is 3.31. The Bertz CT molecular complexity index is 358.